The molecule has 30 heavy (non-hydrogen) atoms. The highest BCUT2D eigenvalue weighted by Gasteiger charge is 2.31. The minimum absolute atomic E-state index is 0.131. The van der Waals surface area contributed by atoms with E-state index in [-0.39, 0.29) is 16.7 Å². The van der Waals surface area contributed by atoms with Gasteiger partial charge in [0.15, 0.2) is 5.78 Å². The molecule has 154 valence electrons. The Bertz CT molecular complexity index is 1040. The van der Waals surface area contributed by atoms with Gasteiger partial charge in [0.2, 0.25) is 5.91 Å². The summed E-state index contributed by atoms with van der Waals surface area (Å²) in [6, 6.07) is 17.6. The van der Waals surface area contributed by atoms with Gasteiger partial charge in [0.1, 0.15) is 5.25 Å². The number of rotatable bonds is 6. The van der Waals surface area contributed by atoms with E-state index in [9.17, 15) is 22.8 Å². The first-order valence-corrected chi connectivity index (χ1v) is 9.79. The molecule has 0 saturated carbocycles. The van der Waals surface area contributed by atoms with Crippen LogP contribution in [0.5, 0.6) is 0 Å². The Balaban J connectivity index is 1.85. The second-order valence-corrected chi connectivity index (χ2v) is 7.54. The summed E-state index contributed by atoms with van der Waals surface area (Å²) in [4.78, 5) is 28.4. The highest BCUT2D eigenvalue weighted by atomic mass is 32.2. The molecule has 0 fully saturated rings. The van der Waals surface area contributed by atoms with Crippen molar-refractivity contribution in [3.8, 4) is 0 Å². The smallest absolute Gasteiger partial charge is 0.325 e. The monoisotopic (exact) mass is 430 g/mol. The molecule has 3 aromatic rings. The Morgan fingerprint density at radius 2 is 1.73 bits per heavy atom. The summed E-state index contributed by atoms with van der Waals surface area (Å²) in [6.45, 7) is 1.43. The first kappa shape index (κ1) is 21.6. The number of pyridine rings is 1. The van der Waals surface area contributed by atoms with Gasteiger partial charge in [-0.15, -0.1) is 0 Å². The van der Waals surface area contributed by atoms with Gasteiger partial charge in [0.25, 0.3) is 0 Å². The maximum atomic E-state index is 13.0. The zero-order valence-electron chi connectivity index (χ0n) is 15.8. The third-order valence-electron chi connectivity index (χ3n) is 4.18. The van der Waals surface area contributed by atoms with E-state index in [1.54, 1.807) is 54.6 Å². The van der Waals surface area contributed by atoms with E-state index in [2.05, 4.69) is 10.3 Å². The molecule has 0 aliphatic carbocycles. The Morgan fingerprint density at radius 1 is 1.00 bits per heavy atom. The van der Waals surface area contributed by atoms with E-state index in [0.717, 1.165) is 24.0 Å². The van der Waals surface area contributed by atoms with Crippen molar-refractivity contribution in [1.29, 1.82) is 0 Å². The highest BCUT2D eigenvalue weighted by Crippen LogP contribution is 2.36. The van der Waals surface area contributed by atoms with Crippen LogP contribution in [-0.4, -0.2) is 16.7 Å². The van der Waals surface area contributed by atoms with Crippen molar-refractivity contribution in [3.63, 3.8) is 0 Å². The number of hydrogen-bond donors (Lipinski definition) is 1. The van der Waals surface area contributed by atoms with Crippen LogP contribution < -0.4 is 5.32 Å². The Hall–Kier alpha value is -3.13. The number of ketones is 1. The number of hydrogen-bond acceptors (Lipinski definition) is 4. The second kappa shape index (κ2) is 9.13. The molecule has 0 bridgehead atoms. The molecule has 3 rings (SSSR count). The number of halogens is 3. The van der Waals surface area contributed by atoms with E-state index < -0.39 is 17.0 Å². The number of thioether (sulfide) groups is 1. The molecule has 1 N–H and O–H groups in total. The van der Waals surface area contributed by atoms with Crippen LogP contribution >= 0.6 is 11.8 Å². The molecular weight excluding hydrogens is 413 g/mol. The van der Waals surface area contributed by atoms with Crippen molar-refractivity contribution < 1.29 is 22.8 Å². The molecule has 2 aromatic carbocycles. The SMILES string of the molecule is CC(=O)c1cccc(NC(=O)[C@@H](Sc2ccc(C(F)(F)F)cn2)c2ccccc2)c1. The van der Waals surface area contributed by atoms with Gasteiger partial charge in [-0.3, -0.25) is 9.59 Å². The van der Waals surface area contributed by atoms with Gasteiger partial charge < -0.3 is 5.32 Å². The third kappa shape index (κ3) is 5.48. The zero-order valence-corrected chi connectivity index (χ0v) is 16.6. The van der Waals surface area contributed by atoms with Crippen LogP contribution in [0, 0.1) is 0 Å². The number of anilines is 1. The van der Waals surface area contributed by atoms with Crippen LogP contribution in [0.3, 0.4) is 0 Å². The van der Waals surface area contributed by atoms with Crippen LogP contribution in [0.1, 0.15) is 33.7 Å². The molecule has 1 amide bonds. The minimum atomic E-state index is -4.48. The van der Waals surface area contributed by atoms with E-state index in [0.29, 0.717) is 16.8 Å². The fourth-order valence-corrected chi connectivity index (χ4v) is 3.62. The van der Waals surface area contributed by atoms with Crippen molar-refractivity contribution in [1.82, 2.24) is 4.98 Å². The Morgan fingerprint density at radius 3 is 2.33 bits per heavy atom. The lowest BCUT2D eigenvalue weighted by Crippen LogP contribution is -2.19. The number of nitrogens with zero attached hydrogens (tertiary/aromatic N) is 1. The number of carbonyl (C=O) groups excluding carboxylic acids is 2. The molecule has 0 radical (unpaired) electrons. The van der Waals surface area contributed by atoms with Crippen molar-refractivity contribution in [2.24, 2.45) is 0 Å². The summed E-state index contributed by atoms with van der Waals surface area (Å²) in [5.74, 6) is -0.511. The summed E-state index contributed by atoms with van der Waals surface area (Å²) in [5.41, 5.74) is 0.730. The lowest BCUT2D eigenvalue weighted by Gasteiger charge is -2.17. The zero-order chi connectivity index (χ0) is 21.7. The molecular formula is C22H17F3N2O2S. The van der Waals surface area contributed by atoms with Gasteiger partial charge in [-0.25, -0.2) is 4.98 Å². The number of nitrogens with one attached hydrogen (secondary N) is 1. The van der Waals surface area contributed by atoms with Crippen molar-refractivity contribution >= 4 is 29.1 Å². The van der Waals surface area contributed by atoms with E-state index >= 15 is 0 Å². The maximum Gasteiger partial charge on any atom is 0.417 e. The van der Waals surface area contributed by atoms with Gasteiger partial charge >= 0.3 is 6.18 Å². The predicted molar refractivity (Wildman–Crippen MR) is 109 cm³/mol. The van der Waals surface area contributed by atoms with Crippen LogP contribution in [0.15, 0.2) is 78.0 Å². The van der Waals surface area contributed by atoms with E-state index in [1.165, 1.54) is 13.0 Å². The lowest BCUT2D eigenvalue weighted by atomic mass is 10.1. The molecule has 0 spiro atoms. The van der Waals surface area contributed by atoms with Crippen molar-refractivity contribution in [2.45, 2.75) is 23.4 Å². The van der Waals surface area contributed by atoms with E-state index in [1.807, 2.05) is 0 Å². The highest BCUT2D eigenvalue weighted by molar-refractivity contribution is 8.00. The van der Waals surface area contributed by atoms with Gasteiger partial charge in [0, 0.05) is 17.4 Å². The minimum Gasteiger partial charge on any atom is -0.325 e. The summed E-state index contributed by atoms with van der Waals surface area (Å²) < 4.78 is 38.3. The van der Waals surface area contributed by atoms with Crippen molar-refractivity contribution in [2.75, 3.05) is 5.32 Å². The first-order valence-electron chi connectivity index (χ1n) is 8.91. The molecule has 1 heterocycles. The van der Waals surface area contributed by atoms with Gasteiger partial charge in [-0.05, 0) is 36.8 Å². The number of benzene rings is 2. The summed E-state index contributed by atoms with van der Waals surface area (Å²) in [5, 5.41) is 2.30. The fourth-order valence-electron chi connectivity index (χ4n) is 2.66. The first-order chi connectivity index (χ1) is 14.2. The topological polar surface area (TPSA) is 59.1 Å². The average Bonchev–Trinajstić information content (AvgIpc) is 2.72. The molecule has 0 unspecified atom stereocenters. The van der Waals surface area contributed by atoms with Crippen LogP contribution in [0.4, 0.5) is 18.9 Å². The third-order valence-corrected chi connectivity index (χ3v) is 5.38. The molecule has 1 aromatic heterocycles. The standard InChI is InChI=1S/C22H17F3N2O2S/c1-14(28)16-8-5-9-18(12-16)27-21(29)20(15-6-3-2-4-7-15)30-19-11-10-17(13-26-19)22(23,24)25/h2-13,20H,1H3,(H,27,29)/t20-/m0/s1. The van der Waals surface area contributed by atoms with Gasteiger partial charge in [-0.1, -0.05) is 54.2 Å². The van der Waals surface area contributed by atoms with Crippen LogP contribution in [0.2, 0.25) is 0 Å². The lowest BCUT2D eigenvalue weighted by molar-refractivity contribution is -0.137. The van der Waals surface area contributed by atoms with Crippen LogP contribution in [-0.2, 0) is 11.0 Å². The summed E-state index contributed by atoms with van der Waals surface area (Å²) in [7, 11) is 0. The average molecular weight is 430 g/mol. The molecule has 0 aliphatic heterocycles. The summed E-state index contributed by atoms with van der Waals surface area (Å²) in [6.07, 6.45) is -3.73. The Kier molecular flexibility index (Phi) is 6.56. The molecule has 8 heteroatoms. The maximum absolute atomic E-state index is 13.0. The predicted octanol–water partition coefficient (Wildman–Crippen LogP) is 5.78. The van der Waals surface area contributed by atoms with Gasteiger partial charge in [0.05, 0.1) is 10.6 Å². The fraction of sp³-hybridized carbons (Fsp3) is 0.136. The molecule has 0 aliphatic rings. The quantitative estimate of drug-likeness (QED) is 0.398. The molecule has 0 saturated heterocycles. The number of aromatic nitrogens is 1. The second-order valence-electron chi connectivity index (χ2n) is 6.42. The number of amides is 1. The summed E-state index contributed by atoms with van der Waals surface area (Å²) >= 11 is 1.04. The Labute approximate surface area is 175 Å². The van der Waals surface area contributed by atoms with Gasteiger partial charge in [-0.2, -0.15) is 13.2 Å². The van der Waals surface area contributed by atoms with Crippen LogP contribution in [0.25, 0.3) is 0 Å². The number of alkyl halides is 3. The normalized spacial score (nSPS) is 12.3. The van der Waals surface area contributed by atoms with Crippen molar-refractivity contribution in [3.05, 3.63) is 89.6 Å². The molecule has 1 atom stereocenters. The number of Topliss-reactive ketones (excluding diaryl/α,β-unsaturated/α-hetero) is 1. The molecule has 4 nitrogen and oxygen atoms in total. The number of carbonyl (C=O) groups is 2. The van der Waals surface area contributed by atoms with E-state index in [4.69, 9.17) is 0 Å². The largest absolute Gasteiger partial charge is 0.417 e.